The van der Waals surface area contributed by atoms with Gasteiger partial charge in [0.1, 0.15) is 4.99 Å². The Bertz CT molecular complexity index is 566. The molecule has 0 atom stereocenters. The second kappa shape index (κ2) is 6.12. The molecule has 0 saturated carbocycles. The maximum Gasteiger partial charge on any atom is 0.103 e. The van der Waals surface area contributed by atoms with E-state index in [0.717, 1.165) is 28.0 Å². The summed E-state index contributed by atoms with van der Waals surface area (Å²) in [5.41, 5.74) is 8.58. The first-order chi connectivity index (χ1) is 9.06. The summed E-state index contributed by atoms with van der Waals surface area (Å²) in [6, 6.07) is 11.9. The van der Waals surface area contributed by atoms with Crippen molar-refractivity contribution in [3.8, 4) is 0 Å². The number of hydrogen-bond acceptors (Lipinski definition) is 3. The van der Waals surface area contributed by atoms with Crippen LogP contribution < -0.4 is 10.6 Å². The molecule has 2 N–H and O–H groups in total. The highest BCUT2D eigenvalue weighted by molar-refractivity contribution is 9.10. The van der Waals surface area contributed by atoms with Crippen LogP contribution in [0.4, 0.5) is 5.69 Å². The van der Waals surface area contributed by atoms with Crippen LogP contribution in [0.5, 0.6) is 0 Å². The van der Waals surface area contributed by atoms with Crippen molar-refractivity contribution in [1.82, 2.24) is 4.98 Å². The Balaban J connectivity index is 2.09. The number of halogens is 1. The highest BCUT2D eigenvalue weighted by Gasteiger charge is 2.04. The fourth-order valence-corrected chi connectivity index (χ4v) is 2.09. The van der Waals surface area contributed by atoms with Crippen LogP contribution in [0.15, 0.2) is 47.1 Å². The van der Waals surface area contributed by atoms with Crippen LogP contribution in [0.25, 0.3) is 0 Å². The lowest BCUT2D eigenvalue weighted by Gasteiger charge is -2.19. The Morgan fingerprint density at radius 1 is 1.26 bits per heavy atom. The first-order valence-corrected chi connectivity index (χ1v) is 6.98. The Morgan fingerprint density at radius 2 is 1.95 bits per heavy atom. The van der Waals surface area contributed by atoms with Gasteiger partial charge in [-0.05, 0) is 52.3 Å². The molecule has 0 unspecified atom stereocenters. The first-order valence-electron chi connectivity index (χ1n) is 5.77. The normalized spacial score (nSPS) is 10.2. The fourth-order valence-electron chi connectivity index (χ4n) is 1.71. The van der Waals surface area contributed by atoms with Crippen LogP contribution >= 0.6 is 28.1 Å². The fraction of sp³-hybridized carbons (Fsp3) is 0.143. The summed E-state index contributed by atoms with van der Waals surface area (Å²) in [7, 11) is 2.03. The molecule has 0 aliphatic heterocycles. The van der Waals surface area contributed by atoms with Gasteiger partial charge in [-0.3, -0.25) is 4.98 Å². The average Bonchev–Trinajstić information content (AvgIpc) is 2.41. The van der Waals surface area contributed by atoms with Gasteiger partial charge >= 0.3 is 0 Å². The molecule has 0 radical (unpaired) electrons. The number of hydrogen-bond donors (Lipinski definition) is 1. The zero-order chi connectivity index (χ0) is 13.8. The molecule has 1 aromatic heterocycles. The highest BCUT2D eigenvalue weighted by atomic mass is 79.9. The van der Waals surface area contributed by atoms with Crippen molar-refractivity contribution in [2.24, 2.45) is 5.73 Å². The molecule has 0 saturated heterocycles. The highest BCUT2D eigenvalue weighted by Crippen LogP contribution is 2.16. The maximum atomic E-state index is 5.58. The third-order valence-corrected chi connectivity index (χ3v) is 3.49. The van der Waals surface area contributed by atoms with Gasteiger partial charge in [0, 0.05) is 29.0 Å². The minimum Gasteiger partial charge on any atom is -0.389 e. The summed E-state index contributed by atoms with van der Waals surface area (Å²) >= 11 is 8.32. The second-order valence-corrected chi connectivity index (χ2v) is 5.59. The van der Waals surface area contributed by atoms with Gasteiger partial charge in [0.2, 0.25) is 0 Å². The molecule has 2 rings (SSSR count). The van der Waals surface area contributed by atoms with E-state index in [1.54, 1.807) is 6.20 Å². The number of nitrogens with two attached hydrogens (primary N) is 1. The third-order valence-electron chi connectivity index (χ3n) is 2.78. The number of pyridine rings is 1. The quantitative estimate of drug-likeness (QED) is 0.871. The van der Waals surface area contributed by atoms with E-state index in [4.69, 9.17) is 18.0 Å². The molecule has 0 amide bonds. The van der Waals surface area contributed by atoms with Gasteiger partial charge in [-0.25, -0.2) is 0 Å². The van der Waals surface area contributed by atoms with Gasteiger partial charge in [0.15, 0.2) is 0 Å². The van der Waals surface area contributed by atoms with E-state index in [1.807, 2.05) is 43.4 Å². The number of rotatable bonds is 4. The first kappa shape index (κ1) is 14.0. The van der Waals surface area contributed by atoms with Crippen molar-refractivity contribution in [3.05, 3.63) is 58.3 Å². The summed E-state index contributed by atoms with van der Waals surface area (Å²) in [5, 5.41) is 0. The number of aromatic nitrogens is 1. The summed E-state index contributed by atoms with van der Waals surface area (Å²) in [6.45, 7) is 0.750. The van der Waals surface area contributed by atoms with Crippen molar-refractivity contribution >= 4 is 38.8 Å². The van der Waals surface area contributed by atoms with Gasteiger partial charge in [-0.2, -0.15) is 0 Å². The minimum absolute atomic E-state index is 0.420. The van der Waals surface area contributed by atoms with E-state index in [0.29, 0.717) is 4.99 Å². The van der Waals surface area contributed by atoms with Crippen molar-refractivity contribution in [3.63, 3.8) is 0 Å². The lowest BCUT2D eigenvalue weighted by atomic mass is 10.2. The predicted molar refractivity (Wildman–Crippen MR) is 86.4 cm³/mol. The van der Waals surface area contributed by atoms with Crippen LogP contribution in [0, 0.1) is 0 Å². The third kappa shape index (κ3) is 3.75. The van der Waals surface area contributed by atoms with Crippen molar-refractivity contribution in [1.29, 1.82) is 0 Å². The van der Waals surface area contributed by atoms with Crippen molar-refractivity contribution in [2.45, 2.75) is 6.54 Å². The summed E-state index contributed by atoms with van der Waals surface area (Å²) < 4.78 is 0.986. The van der Waals surface area contributed by atoms with Gasteiger partial charge in [0.05, 0.1) is 12.2 Å². The molecule has 0 bridgehead atoms. The van der Waals surface area contributed by atoms with Crippen LogP contribution in [0.1, 0.15) is 11.3 Å². The standard InChI is InChI=1S/C14H14BrN3S/c1-18(9-12-5-4-11(15)8-17-12)13-6-2-10(3-7-13)14(16)19/h2-8H,9H2,1H3,(H2,16,19). The molecule has 3 nitrogen and oxygen atoms in total. The van der Waals surface area contributed by atoms with Gasteiger partial charge in [0.25, 0.3) is 0 Å². The molecule has 1 aromatic carbocycles. The van der Waals surface area contributed by atoms with Crippen LogP contribution in [-0.2, 0) is 6.54 Å². The second-order valence-electron chi connectivity index (χ2n) is 4.23. The van der Waals surface area contributed by atoms with Crippen LogP contribution in [0.2, 0.25) is 0 Å². The average molecular weight is 336 g/mol. The molecule has 19 heavy (non-hydrogen) atoms. The summed E-state index contributed by atoms with van der Waals surface area (Å²) in [6.07, 6.45) is 1.80. The Morgan fingerprint density at radius 3 is 2.47 bits per heavy atom. The van der Waals surface area contributed by atoms with E-state index in [2.05, 4.69) is 25.8 Å². The predicted octanol–water partition coefficient (Wildman–Crippen LogP) is 3.11. The van der Waals surface area contributed by atoms with Crippen LogP contribution in [0.3, 0.4) is 0 Å². The molecular formula is C14H14BrN3S. The van der Waals surface area contributed by atoms with E-state index >= 15 is 0 Å². The summed E-state index contributed by atoms with van der Waals surface area (Å²) in [5.74, 6) is 0. The lowest BCUT2D eigenvalue weighted by molar-refractivity contribution is 0.884. The molecule has 0 spiro atoms. The molecule has 2 aromatic rings. The molecule has 0 aliphatic carbocycles. The van der Waals surface area contributed by atoms with Crippen molar-refractivity contribution < 1.29 is 0 Å². The Hall–Kier alpha value is -1.46. The lowest BCUT2D eigenvalue weighted by Crippen LogP contribution is -2.17. The number of benzene rings is 1. The molecule has 0 fully saturated rings. The number of anilines is 1. The molecule has 1 heterocycles. The van der Waals surface area contributed by atoms with Gasteiger partial charge < -0.3 is 10.6 Å². The van der Waals surface area contributed by atoms with Crippen molar-refractivity contribution in [2.75, 3.05) is 11.9 Å². The van der Waals surface area contributed by atoms with E-state index in [9.17, 15) is 0 Å². The SMILES string of the molecule is CN(Cc1ccc(Br)cn1)c1ccc(C(N)=S)cc1. The molecule has 0 aliphatic rings. The Labute approximate surface area is 126 Å². The van der Waals surface area contributed by atoms with E-state index < -0.39 is 0 Å². The number of nitrogens with zero attached hydrogens (tertiary/aromatic N) is 2. The minimum atomic E-state index is 0.420. The largest absolute Gasteiger partial charge is 0.389 e. The van der Waals surface area contributed by atoms with Gasteiger partial charge in [-0.15, -0.1) is 0 Å². The molecular weight excluding hydrogens is 322 g/mol. The smallest absolute Gasteiger partial charge is 0.103 e. The zero-order valence-electron chi connectivity index (χ0n) is 10.5. The van der Waals surface area contributed by atoms with Crippen LogP contribution in [-0.4, -0.2) is 17.0 Å². The van der Waals surface area contributed by atoms with E-state index in [1.165, 1.54) is 0 Å². The molecule has 98 valence electrons. The summed E-state index contributed by atoms with van der Waals surface area (Å²) in [4.78, 5) is 6.90. The molecule has 5 heteroatoms. The van der Waals surface area contributed by atoms with E-state index in [-0.39, 0.29) is 0 Å². The zero-order valence-corrected chi connectivity index (χ0v) is 12.9. The monoisotopic (exact) mass is 335 g/mol. The van der Waals surface area contributed by atoms with Gasteiger partial charge in [-0.1, -0.05) is 12.2 Å². The maximum absolute atomic E-state index is 5.58. The topological polar surface area (TPSA) is 42.2 Å². The Kier molecular flexibility index (Phi) is 4.50. The number of thiocarbonyl (C=S) groups is 1.